The first-order chi connectivity index (χ1) is 10.6. The largest absolute Gasteiger partial charge is 0.511 e. The van der Waals surface area contributed by atoms with Crippen molar-refractivity contribution < 1.29 is 14.3 Å². The first-order valence-corrected chi connectivity index (χ1v) is 7.89. The molecule has 2 aromatic rings. The third-order valence-corrected chi connectivity index (χ3v) is 4.83. The number of carbonyl (C=O) groups excluding carboxylic acids is 1. The van der Waals surface area contributed by atoms with Crippen LogP contribution in [0.2, 0.25) is 0 Å². The van der Waals surface area contributed by atoms with Crippen LogP contribution in [-0.2, 0) is 4.79 Å². The number of rotatable bonds is 3. The fourth-order valence-electron chi connectivity index (χ4n) is 2.60. The molecule has 0 amide bonds. The Morgan fingerprint density at radius 1 is 1.05 bits per heavy atom. The summed E-state index contributed by atoms with van der Waals surface area (Å²) in [4.78, 5) is 13.3. The van der Waals surface area contributed by atoms with Gasteiger partial charge in [-0.05, 0) is 29.7 Å². The van der Waals surface area contributed by atoms with Crippen molar-refractivity contribution in [1.82, 2.24) is 0 Å². The molecule has 1 atom stereocenters. The number of carbonyl (C=O) groups is 1. The van der Waals surface area contributed by atoms with Crippen LogP contribution in [-0.4, -0.2) is 10.9 Å². The van der Waals surface area contributed by atoms with Gasteiger partial charge in [0.05, 0.1) is 4.91 Å². The first-order valence-electron chi connectivity index (χ1n) is 7.07. The van der Waals surface area contributed by atoms with E-state index in [1.807, 2.05) is 30.3 Å². The highest BCUT2D eigenvalue weighted by Crippen LogP contribution is 2.40. The van der Waals surface area contributed by atoms with Crippen LogP contribution in [0.5, 0.6) is 0 Å². The molecule has 0 heterocycles. The maximum atomic E-state index is 13.2. The van der Waals surface area contributed by atoms with E-state index in [-0.39, 0.29) is 23.3 Å². The molecule has 22 heavy (non-hydrogen) atoms. The zero-order chi connectivity index (χ0) is 15.5. The quantitative estimate of drug-likeness (QED) is 0.881. The molecule has 1 aliphatic carbocycles. The van der Waals surface area contributed by atoms with Crippen LogP contribution in [0.25, 0.3) is 0 Å². The first kappa shape index (κ1) is 14.9. The van der Waals surface area contributed by atoms with Crippen LogP contribution in [0.4, 0.5) is 4.39 Å². The Kier molecular flexibility index (Phi) is 4.29. The molecule has 1 N–H and O–H groups in total. The summed E-state index contributed by atoms with van der Waals surface area (Å²) in [6.45, 7) is 0. The third kappa shape index (κ3) is 3.22. The number of hydrogen-bond donors (Lipinski definition) is 1. The van der Waals surface area contributed by atoms with Gasteiger partial charge in [0.2, 0.25) is 0 Å². The van der Waals surface area contributed by atoms with Crippen molar-refractivity contribution in [2.24, 2.45) is 0 Å². The van der Waals surface area contributed by atoms with Gasteiger partial charge >= 0.3 is 0 Å². The number of aliphatic hydroxyl groups is 1. The van der Waals surface area contributed by atoms with E-state index in [2.05, 4.69) is 0 Å². The van der Waals surface area contributed by atoms with E-state index >= 15 is 0 Å². The number of halogens is 1. The molecule has 2 aromatic carbocycles. The molecule has 0 fully saturated rings. The highest BCUT2D eigenvalue weighted by Gasteiger charge is 2.29. The van der Waals surface area contributed by atoms with Gasteiger partial charge in [0, 0.05) is 17.7 Å². The monoisotopic (exact) mass is 314 g/mol. The molecule has 1 unspecified atom stereocenters. The fraction of sp³-hybridized carbons (Fsp3) is 0.167. The predicted octanol–water partition coefficient (Wildman–Crippen LogP) is 4.83. The average molecular weight is 314 g/mol. The second-order valence-corrected chi connectivity index (χ2v) is 6.36. The highest BCUT2D eigenvalue weighted by atomic mass is 32.2. The van der Waals surface area contributed by atoms with Gasteiger partial charge in [-0.2, -0.15) is 0 Å². The SMILES string of the molecule is O=C1CC(c2ccccc2)CC(O)=C1Sc1cccc(F)c1. The fourth-order valence-corrected chi connectivity index (χ4v) is 3.55. The van der Waals surface area contributed by atoms with Gasteiger partial charge in [-0.1, -0.05) is 48.2 Å². The third-order valence-electron chi connectivity index (χ3n) is 3.67. The lowest BCUT2D eigenvalue weighted by atomic mass is 9.86. The summed E-state index contributed by atoms with van der Waals surface area (Å²) < 4.78 is 13.2. The topological polar surface area (TPSA) is 37.3 Å². The van der Waals surface area contributed by atoms with Gasteiger partial charge in [-0.25, -0.2) is 4.39 Å². The Morgan fingerprint density at radius 3 is 2.50 bits per heavy atom. The standard InChI is InChI=1S/C18H15FO2S/c19-14-7-4-8-15(11-14)22-18-16(20)9-13(10-17(18)21)12-5-2-1-3-6-12/h1-8,11,13,20H,9-10H2. The van der Waals surface area contributed by atoms with Gasteiger partial charge < -0.3 is 5.11 Å². The van der Waals surface area contributed by atoms with E-state index in [9.17, 15) is 14.3 Å². The van der Waals surface area contributed by atoms with Crippen molar-refractivity contribution in [2.75, 3.05) is 0 Å². The lowest BCUT2D eigenvalue weighted by Gasteiger charge is -2.23. The second kappa shape index (κ2) is 6.36. The minimum absolute atomic E-state index is 0.00515. The van der Waals surface area contributed by atoms with E-state index in [0.29, 0.717) is 22.6 Å². The number of ketones is 1. The van der Waals surface area contributed by atoms with E-state index in [4.69, 9.17) is 0 Å². The van der Waals surface area contributed by atoms with E-state index in [1.165, 1.54) is 12.1 Å². The molecular weight excluding hydrogens is 299 g/mol. The molecule has 4 heteroatoms. The Morgan fingerprint density at radius 2 is 1.82 bits per heavy atom. The molecule has 0 radical (unpaired) electrons. The van der Waals surface area contributed by atoms with Crippen LogP contribution in [0, 0.1) is 5.82 Å². The molecular formula is C18H15FO2S. The summed E-state index contributed by atoms with van der Waals surface area (Å²) >= 11 is 1.13. The molecule has 3 rings (SSSR count). The summed E-state index contributed by atoms with van der Waals surface area (Å²) in [6.07, 6.45) is 0.805. The van der Waals surface area contributed by atoms with Gasteiger partial charge in [-0.3, -0.25) is 4.79 Å². The molecule has 2 nitrogen and oxygen atoms in total. The highest BCUT2D eigenvalue weighted by molar-refractivity contribution is 8.04. The summed E-state index contributed by atoms with van der Waals surface area (Å²) in [5.74, 6) is -0.340. The van der Waals surface area contributed by atoms with Gasteiger partial charge in [0.25, 0.3) is 0 Å². The van der Waals surface area contributed by atoms with Crippen LogP contribution in [0.1, 0.15) is 24.3 Å². The van der Waals surface area contributed by atoms with Gasteiger partial charge in [0.1, 0.15) is 11.6 Å². The van der Waals surface area contributed by atoms with Crippen molar-refractivity contribution in [1.29, 1.82) is 0 Å². The molecule has 0 saturated carbocycles. The smallest absolute Gasteiger partial charge is 0.173 e. The van der Waals surface area contributed by atoms with E-state index in [1.54, 1.807) is 12.1 Å². The molecule has 0 bridgehead atoms. The molecule has 0 saturated heterocycles. The van der Waals surface area contributed by atoms with Crippen LogP contribution in [0.15, 0.2) is 70.2 Å². The molecule has 0 aromatic heterocycles. The Bertz CT molecular complexity index is 725. The minimum Gasteiger partial charge on any atom is -0.511 e. The van der Waals surface area contributed by atoms with E-state index < -0.39 is 0 Å². The number of Topliss-reactive ketones (excluding diaryl/α,β-unsaturated/α-hetero) is 1. The molecule has 0 aliphatic heterocycles. The van der Waals surface area contributed by atoms with Crippen LogP contribution >= 0.6 is 11.8 Å². The number of thioether (sulfide) groups is 1. The second-order valence-electron chi connectivity index (χ2n) is 5.27. The number of allylic oxidation sites excluding steroid dienone is 2. The lowest BCUT2D eigenvalue weighted by molar-refractivity contribution is -0.115. The normalized spacial score (nSPS) is 18.6. The zero-order valence-electron chi connectivity index (χ0n) is 11.8. The van der Waals surface area contributed by atoms with E-state index in [0.717, 1.165) is 17.3 Å². The summed E-state index contributed by atoms with van der Waals surface area (Å²) in [5, 5.41) is 10.2. The summed E-state index contributed by atoms with van der Waals surface area (Å²) in [5.41, 5.74) is 1.05. The van der Waals surface area contributed by atoms with Crippen molar-refractivity contribution in [3.8, 4) is 0 Å². The number of benzene rings is 2. The minimum atomic E-state index is -0.351. The van der Waals surface area contributed by atoms with Crippen molar-refractivity contribution in [2.45, 2.75) is 23.7 Å². The molecule has 0 spiro atoms. The number of hydrogen-bond acceptors (Lipinski definition) is 3. The van der Waals surface area contributed by atoms with Gasteiger partial charge in [-0.15, -0.1) is 0 Å². The lowest BCUT2D eigenvalue weighted by Crippen LogP contribution is -2.17. The zero-order valence-corrected chi connectivity index (χ0v) is 12.6. The molecule has 1 aliphatic rings. The maximum Gasteiger partial charge on any atom is 0.173 e. The average Bonchev–Trinajstić information content (AvgIpc) is 2.52. The maximum absolute atomic E-state index is 13.2. The van der Waals surface area contributed by atoms with Crippen molar-refractivity contribution >= 4 is 17.5 Å². The van der Waals surface area contributed by atoms with Crippen LogP contribution < -0.4 is 0 Å². The van der Waals surface area contributed by atoms with Crippen molar-refractivity contribution in [3.63, 3.8) is 0 Å². The summed E-state index contributed by atoms with van der Waals surface area (Å²) in [6, 6.07) is 15.8. The summed E-state index contributed by atoms with van der Waals surface area (Å²) in [7, 11) is 0. The Balaban J connectivity index is 1.82. The number of aliphatic hydroxyl groups excluding tert-OH is 1. The van der Waals surface area contributed by atoms with Crippen LogP contribution in [0.3, 0.4) is 0 Å². The van der Waals surface area contributed by atoms with Crippen molar-refractivity contribution in [3.05, 3.63) is 76.6 Å². The van der Waals surface area contributed by atoms with Gasteiger partial charge in [0.15, 0.2) is 5.78 Å². The Labute approximate surface area is 132 Å². The Hall–Kier alpha value is -2.07. The molecule has 112 valence electrons. The predicted molar refractivity (Wildman–Crippen MR) is 85.3 cm³/mol.